The molecule has 0 unspecified atom stereocenters. The number of carbonyl (C=O) groups excluding carboxylic acids is 1. The number of hydrogen-bond donors (Lipinski definition) is 0. The second-order valence-electron chi connectivity index (χ2n) is 6.29. The predicted molar refractivity (Wildman–Crippen MR) is 111 cm³/mol. The van der Waals surface area contributed by atoms with Crippen molar-refractivity contribution in [2.45, 2.75) is 36.0 Å². The van der Waals surface area contributed by atoms with Gasteiger partial charge in [-0.15, -0.1) is 0 Å². The van der Waals surface area contributed by atoms with Gasteiger partial charge < -0.3 is 4.74 Å². The topological polar surface area (TPSA) is 26.3 Å². The Bertz CT molecular complexity index is 857. The molecule has 0 N–H and O–H groups in total. The maximum Gasteiger partial charge on any atom is 0.338 e. The Balaban J connectivity index is 1.57. The third kappa shape index (κ3) is 5.73. The standard InChI is InChI=1S/C24H24O2S/c1-2-26-24(25)21-17-15-19(16-18-21)9-8-11-20-10-6-7-14-23(20)27-22-12-4-3-5-13-22/h3-7,10,12-18H,2,8-9,11H2,1H3. The summed E-state index contributed by atoms with van der Waals surface area (Å²) in [7, 11) is 0. The van der Waals surface area contributed by atoms with E-state index in [1.165, 1.54) is 20.9 Å². The van der Waals surface area contributed by atoms with E-state index in [1.54, 1.807) is 0 Å². The molecule has 0 saturated carbocycles. The van der Waals surface area contributed by atoms with Crippen LogP contribution in [0.4, 0.5) is 0 Å². The van der Waals surface area contributed by atoms with Crippen molar-refractivity contribution in [3.8, 4) is 0 Å². The third-order valence-electron chi connectivity index (χ3n) is 4.32. The molecule has 0 aromatic heterocycles. The van der Waals surface area contributed by atoms with Crippen molar-refractivity contribution >= 4 is 17.7 Å². The Morgan fingerprint density at radius 2 is 1.56 bits per heavy atom. The second-order valence-corrected chi connectivity index (χ2v) is 7.41. The summed E-state index contributed by atoms with van der Waals surface area (Å²) in [4.78, 5) is 14.3. The van der Waals surface area contributed by atoms with Crippen LogP contribution in [0.3, 0.4) is 0 Å². The number of carbonyl (C=O) groups is 1. The summed E-state index contributed by atoms with van der Waals surface area (Å²) in [5.74, 6) is -0.254. The highest BCUT2D eigenvalue weighted by atomic mass is 32.2. The zero-order valence-electron chi connectivity index (χ0n) is 15.6. The van der Waals surface area contributed by atoms with Gasteiger partial charge >= 0.3 is 5.97 Å². The summed E-state index contributed by atoms with van der Waals surface area (Å²) in [6.45, 7) is 2.22. The number of esters is 1. The molecule has 3 rings (SSSR count). The van der Waals surface area contributed by atoms with E-state index in [-0.39, 0.29) is 5.97 Å². The molecule has 0 saturated heterocycles. The zero-order chi connectivity index (χ0) is 18.9. The SMILES string of the molecule is CCOC(=O)c1ccc(CCCc2ccccc2Sc2ccccc2)cc1. The lowest BCUT2D eigenvalue weighted by atomic mass is 10.0. The Morgan fingerprint density at radius 1 is 0.852 bits per heavy atom. The molecule has 0 radical (unpaired) electrons. The van der Waals surface area contributed by atoms with Gasteiger partial charge in [0.2, 0.25) is 0 Å². The van der Waals surface area contributed by atoms with Crippen LogP contribution in [0.1, 0.15) is 34.8 Å². The van der Waals surface area contributed by atoms with Crippen LogP contribution in [0.5, 0.6) is 0 Å². The van der Waals surface area contributed by atoms with E-state index in [4.69, 9.17) is 4.74 Å². The maximum atomic E-state index is 11.7. The van der Waals surface area contributed by atoms with Gasteiger partial charge in [0.25, 0.3) is 0 Å². The molecule has 2 nitrogen and oxygen atoms in total. The lowest BCUT2D eigenvalue weighted by molar-refractivity contribution is 0.0526. The van der Waals surface area contributed by atoms with Gasteiger partial charge in [0.05, 0.1) is 12.2 Å². The normalized spacial score (nSPS) is 10.6. The monoisotopic (exact) mass is 376 g/mol. The fourth-order valence-electron chi connectivity index (χ4n) is 2.93. The van der Waals surface area contributed by atoms with Crippen LogP contribution >= 0.6 is 11.8 Å². The zero-order valence-corrected chi connectivity index (χ0v) is 16.4. The van der Waals surface area contributed by atoms with Crippen molar-refractivity contribution in [1.82, 2.24) is 0 Å². The second kappa shape index (κ2) is 9.98. The summed E-state index contributed by atoms with van der Waals surface area (Å²) in [6.07, 6.45) is 3.11. The molecule has 0 spiro atoms. The van der Waals surface area contributed by atoms with Gasteiger partial charge in [-0.3, -0.25) is 0 Å². The first-order valence-corrected chi connectivity index (χ1v) is 10.1. The molecule has 0 fully saturated rings. The molecule has 27 heavy (non-hydrogen) atoms. The smallest absolute Gasteiger partial charge is 0.338 e. The first-order valence-electron chi connectivity index (χ1n) is 9.33. The number of rotatable bonds is 8. The maximum absolute atomic E-state index is 11.7. The van der Waals surface area contributed by atoms with E-state index >= 15 is 0 Å². The van der Waals surface area contributed by atoms with Crippen molar-refractivity contribution in [2.24, 2.45) is 0 Å². The molecule has 0 aliphatic carbocycles. The van der Waals surface area contributed by atoms with Crippen LogP contribution in [0, 0.1) is 0 Å². The van der Waals surface area contributed by atoms with Gasteiger partial charge in [-0.05, 0) is 67.6 Å². The highest BCUT2D eigenvalue weighted by molar-refractivity contribution is 7.99. The molecule has 3 aromatic rings. The average Bonchev–Trinajstić information content (AvgIpc) is 2.71. The third-order valence-corrected chi connectivity index (χ3v) is 5.45. The van der Waals surface area contributed by atoms with Gasteiger partial charge in [-0.1, -0.05) is 60.3 Å². The minimum atomic E-state index is -0.254. The van der Waals surface area contributed by atoms with Crippen molar-refractivity contribution in [3.63, 3.8) is 0 Å². The van der Waals surface area contributed by atoms with Crippen LogP contribution in [-0.2, 0) is 17.6 Å². The summed E-state index contributed by atoms with van der Waals surface area (Å²) in [5.41, 5.74) is 3.25. The molecular formula is C24H24O2S. The predicted octanol–water partition coefficient (Wildman–Crippen LogP) is 6.19. The van der Waals surface area contributed by atoms with Gasteiger partial charge in [0, 0.05) is 9.79 Å². The largest absolute Gasteiger partial charge is 0.462 e. The molecule has 3 heteroatoms. The molecule has 0 aliphatic rings. The van der Waals surface area contributed by atoms with Gasteiger partial charge in [0.15, 0.2) is 0 Å². The lowest BCUT2D eigenvalue weighted by Gasteiger charge is -2.09. The Kier molecular flexibility index (Phi) is 7.11. The van der Waals surface area contributed by atoms with Gasteiger partial charge in [-0.2, -0.15) is 0 Å². The van der Waals surface area contributed by atoms with Crippen molar-refractivity contribution in [1.29, 1.82) is 0 Å². The first-order chi connectivity index (χ1) is 13.3. The Morgan fingerprint density at radius 3 is 2.30 bits per heavy atom. The summed E-state index contributed by atoms with van der Waals surface area (Å²) < 4.78 is 5.03. The van der Waals surface area contributed by atoms with Crippen LogP contribution in [-0.4, -0.2) is 12.6 Å². The fraction of sp³-hybridized carbons (Fsp3) is 0.208. The molecule has 138 valence electrons. The average molecular weight is 377 g/mol. The number of hydrogen-bond acceptors (Lipinski definition) is 3. The number of benzene rings is 3. The highest BCUT2D eigenvalue weighted by Gasteiger charge is 2.07. The van der Waals surface area contributed by atoms with Crippen LogP contribution in [0.25, 0.3) is 0 Å². The molecule has 0 aliphatic heterocycles. The van der Waals surface area contributed by atoms with Crippen molar-refractivity contribution in [3.05, 3.63) is 95.6 Å². The summed E-state index contributed by atoms with van der Waals surface area (Å²) >= 11 is 1.82. The van der Waals surface area contributed by atoms with E-state index in [1.807, 2.05) is 49.0 Å². The fourth-order valence-corrected chi connectivity index (χ4v) is 3.93. The van der Waals surface area contributed by atoms with Gasteiger partial charge in [0.1, 0.15) is 0 Å². The highest BCUT2D eigenvalue weighted by Crippen LogP contribution is 2.31. The molecule has 0 heterocycles. The van der Waals surface area contributed by atoms with Crippen molar-refractivity contribution in [2.75, 3.05) is 6.61 Å². The quantitative estimate of drug-likeness (QED) is 0.439. The van der Waals surface area contributed by atoms with E-state index in [9.17, 15) is 4.79 Å². The number of aryl methyl sites for hydroxylation is 2. The van der Waals surface area contributed by atoms with E-state index in [0.717, 1.165) is 19.3 Å². The molecular weight excluding hydrogens is 352 g/mol. The van der Waals surface area contributed by atoms with Crippen LogP contribution in [0.2, 0.25) is 0 Å². The summed E-state index contributed by atoms with van der Waals surface area (Å²) in [6, 6.07) is 26.9. The lowest BCUT2D eigenvalue weighted by Crippen LogP contribution is -2.04. The van der Waals surface area contributed by atoms with E-state index in [0.29, 0.717) is 12.2 Å². The summed E-state index contributed by atoms with van der Waals surface area (Å²) in [5, 5.41) is 0. The van der Waals surface area contributed by atoms with E-state index in [2.05, 4.69) is 48.5 Å². The Hall–Kier alpha value is -2.52. The van der Waals surface area contributed by atoms with Crippen LogP contribution in [0.15, 0.2) is 88.7 Å². The van der Waals surface area contributed by atoms with Crippen molar-refractivity contribution < 1.29 is 9.53 Å². The number of ether oxygens (including phenoxy) is 1. The molecule has 0 bridgehead atoms. The Labute approximate surface area is 165 Å². The van der Waals surface area contributed by atoms with Gasteiger partial charge in [-0.25, -0.2) is 4.79 Å². The van der Waals surface area contributed by atoms with Crippen LogP contribution < -0.4 is 0 Å². The minimum Gasteiger partial charge on any atom is -0.462 e. The molecule has 0 atom stereocenters. The minimum absolute atomic E-state index is 0.254. The molecule has 3 aromatic carbocycles. The first kappa shape index (κ1) is 19.2. The molecule has 0 amide bonds. The van der Waals surface area contributed by atoms with E-state index < -0.39 is 0 Å².